The van der Waals surface area contributed by atoms with Crippen molar-refractivity contribution in [1.82, 2.24) is 4.98 Å². The summed E-state index contributed by atoms with van der Waals surface area (Å²) >= 11 is 1.45. The van der Waals surface area contributed by atoms with Gasteiger partial charge in [0, 0.05) is 42.0 Å². The van der Waals surface area contributed by atoms with E-state index < -0.39 is 0 Å². The zero-order chi connectivity index (χ0) is 19.2. The number of aromatic hydroxyl groups is 1. The molecule has 3 atom stereocenters. The highest BCUT2D eigenvalue weighted by molar-refractivity contribution is 7.13. The number of phenols is 1. The van der Waals surface area contributed by atoms with Crippen molar-refractivity contribution in [1.29, 1.82) is 0 Å². The maximum Gasteiger partial charge on any atom is 0.226 e. The van der Waals surface area contributed by atoms with Crippen LogP contribution >= 0.6 is 11.3 Å². The third-order valence-electron chi connectivity index (χ3n) is 5.47. The predicted molar refractivity (Wildman–Crippen MR) is 106 cm³/mol. The van der Waals surface area contributed by atoms with Crippen molar-refractivity contribution in [3.05, 3.63) is 35.3 Å². The normalized spacial score (nSPS) is 22.4. The van der Waals surface area contributed by atoms with E-state index in [0.717, 1.165) is 38.0 Å². The molecule has 1 aromatic carbocycles. The lowest BCUT2D eigenvalue weighted by molar-refractivity contribution is -0.923. The van der Waals surface area contributed by atoms with Crippen LogP contribution in [-0.4, -0.2) is 36.2 Å². The molecule has 0 spiro atoms. The van der Waals surface area contributed by atoms with Crippen molar-refractivity contribution >= 4 is 22.4 Å². The van der Waals surface area contributed by atoms with E-state index in [1.807, 2.05) is 17.5 Å². The van der Waals surface area contributed by atoms with Crippen molar-refractivity contribution in [2.24, 2.45) is 11.8 Å². The number of benzene rings is 1. The third kappa shape index (κ3) is 5.20. The molecule has 3 N–H and O–H groups in total. The molecule has 1 aromatic heterocycles. The second-order valence-corrected chi connectivity index (χ2v) is 8.08. The van der Waals surface area contributed by atoms with Crippen LogP contribution in [0.15, 0.2) is 29.8 Å². The van der Waals surface area contributed by atoms with Crippen LogP contribution in [0.2, 0.25) is 0 Å². The van der Waals surface area contributed by atoms with E-state index in [1.54, 1.807) is 19.4 Å². The minimum atomic E-state index is 0.0599. The minimum absolute atomic E-state index is 0.0599. The van der Waals surface area contributed by atoms with Crippen LogP contribution in [0.5, 0.6) is 11.5 Å². The average molecular weight is 391 g/mol. The van der Waals surface area contributed by atoms with Crippen molar-refractivity contribution in [3.63, 3.8) is 0 Å². The smallest absolute Gasteiger partial charge is 0.226 e. The lowest BCUT2D eigenvalue weighted by Gasteiger charge is -2.35. The molecular weight excluding hydrogens is 362 g/mol. The first-order valence-corrected chi connectivity index (χ1v) is 10.4. The van der Waals surface area contributed by atoms with Gasteiger partial charge in [0.25, 0.3) is 0 Å². The van der Waals surface area contributed by atoms with Gasteiger partial charge in [0.05, 0.1) is 20.2 Å². The van der Waals surface area contributed by atoms with Crippen LogP contribution in [-0.2, 0) is 11.3 Å². The zero-order valence-corrected chi connectivity index (χ0v) is 16.7. The molecule has 1 saturated heterocycles. The molecule has 1 aliphatic rings. The first kappa shape index (κ1) is 19.6. The monoisotopic (exact) mass is 390 g/mol. The largest absolute Gasteiger partial charge is 0.507 e. The van der Waals surface area contributed by atoms with E-state index in [4.69, 9.17) is 4.74 Å². The average Bonchev–Trinajstić information content (AvgIpc) is 3.17. The SMILES string of the molecule is CC[C@H]1C[NH+](Cc2ccc(OC)cc2O)CC[C@H]1CC(=O)Nc1nccs1. The zero-order valence-electron chi connectivity index (χ0n) is 15.9. The second-order valence-electron chi connectivity index (χ2n) is 7.18. The first-order valence-electron chi connectivity index (χ1n) is 9.47. The molecule has 1 amide bonds. The van der Waals surface area contributed by atoms with Crippen LogP contribution in [0.3, 0.4) is 0 Å². The molecule has 0 saturated carbocycles. The Kier molecular flexibility index (Phi) is 6.68. The molecule has 0 radical (unpaired) electrons. The van der Waals surface area contributed by atoms with E-state index in [1.165, 1.54) is 16.2 Å². The second kappa shape index (κ2) is 9.19. The molecule has 1 aliphatic heterocycles. The van der Waals surface area contributed by atoms with Crippen LogP contribution < -0.4 is 15.0 Å². The number of anilines is 1. The molecule has 146 valence electrons. The Balaban J connectivity index is 1.55. The molecule has 0 bridgehead atoms. The summed E-state index contributed by atoms with van der Waals surface area (Å²) in [4.78, 5) is 17.9. The molecule has 2 heterocycles. The van der Waals surface area contributed by atoms with Crippen molar-refractivity contribution in [3.8, 4) is 11.5 Å². The van der Waals surface area contributed by atoms with Crippen LogP contribution in [0.25, 0.3) is 0 Å². The molecule has 1 unspecified atom stereocenters. The quantitative estimate of drug-likeness (QED) is 0.678. The lowest BCUT2D eigenvalue weighted by atomic mass is 9.81. The van der Waals surface area contributed by atoms with Gasteiger partial charge in [-0.2, -0.15) is 0 Å². The van der Waals surface area contributed by atoms with Gasteiger partial charge in [-0.25, -0.2) is 4.98 Å². The maximum absolute atomic E-state index is 12.3. The van der Waals surface area contributed by atoms with Gasteiger partial charge in [0.2, 0.25) is 5.91 Å². The summed E-state index contributed by atoms with van der Waals surface area (Å²) in [6.45, 7) is 5.03. The maximum atomic E-state index is 12.3. The van der Waals surface area contributed by atoms with Gasteiger partial charge in [0.1, 0.15) is 18.0 Å². The van der Waals surface area contributed by atoms with Gasteiger partial charge in [0.15, 0.2) is 5.13 Å². The van der Waals surface area contributed by atoms with Gasteiger partial charge in [-0.3, -0.25) is 4.79 Å². The summed E-state index contributed by atoms with van der Waals surface area (Å²) in [6.07, 6.45) is 4.34. The Bertz CT molecular complexity index is 751. The highest BCUT2D eigenvalue weighted by Gasteiger charge is 2.32. The summed E-state index contributed by atoms with van der Waals surface area (Å²) in [7, 11) is 1.60. The Hall–Kier alpha value is -2.12. The molecular formula is C20H28N3O3S+. The third-order valence-corrected chi connectivity index (χ3v) is 6.16. The number of carbonyl (C=O) groups excluding carboxylic acids is 1. The van der Waals surface area contributed by atoms with Gasteiger partial charge in [-0.15, -0.1) is 11.3 Å². The van der Waals surface area contributed by atoms with E-state index >= 15 is 0 Å². The topological polar surface area (TPSA) is 75.9 Å². The summed E-state index contributed by atoms with van der Waals surface area (Å²) in [6, 6.07) is 5.50. The molecule has 6 nitrogen and oxygen atoms in total. The van der Waals surface area contributed by atoms with Gasteiger partial charge < -0.3 is 20.1 Å². The van der Waals surface area contributed by atoms with E-state index in [0.29, 0.717) is 34.9 Å². The Morgan fingerprint density at radius 3 is 2.96 bits per heavy atom. The highest BCUT2D eigenvalue weighted by atomic mass is 32.1. The number of hydrogen-bond donors (Lipinski definition) is 3. The number of aromatic nitrogens is 1. The first-order chi connectivity index (χ1) is 13.1. The minimum Gasteiger partial charge on any atom is -0.507 e. The molecule has 0 aliphatic carbocycles. The van der Waals surface area contributed by atoms with E-state index in [-0.39, 0.29) is 5.91 Å². The summed E-state index contributed by atoms with van der Waals surface area (Å²) < 4.78 is 5.15. The van der Waals surface area contributed by atoms with Crippen molar-refractivity contribution in [2.75, 3.05) is 25.5 Å². The fourth-order valence-electron chi connectivity index (χ4n) is 3.95. The molecule has 3 rings (SSSR count). The number of nitrogens with one attached hydrogen (secondary N) is 2. The number of phenolic OH excluding ortho intramolecular Hbond substituents is 1. The fraction of sp³-hybridized carbons (Fsp3) is 0.500. The van der Waals surface area contributed by atoms with Gasteiger partial charge >= 0.3 is 0 Å². The number of hydrogen-bond acceptors (Lipinski definition) is 5. The fourth-order valence-corrected chi connectivity index (χ4v) is 4.50. The Morgan fingerprint density at radius 2 is 2.30 bits per heavy atom. The lowest BCUT2D eigenvalue weighted by Crippen LogP contribution is -3.12. The number of piperidine rings is 1. The number of rotatable bonds is 7. The van der Waals surface area contributed by atoms with E-state index in [2.05, 4.69) is 17.2 Å². The van der Waals surface area contributed by atoms with Crippen LogP contribution in [0.4, 0.5) is 5.13 Å². The Labute approximate surface area is 164 Å². The summed E-state index contributed by atoms with van der Waals surface area (Å²) in [5, 5.41) is 15.7. The molecule has 1 fully saturated rings. The predicted octanol–water partition coefficient (Wildman–Crippen LogP) is 2.32. The Morgan fingerprint density at radius 1 is 1.44 bits per heavy atom. The van der Waals surface area contributed by atoms with Crippen molar-refractivity contribution < 1.29 is 19.5 Å². The number of amides is 1. The number of likely N-dealkylation sites (tertiary alicyclic amines) is 1. The number of quaternary nitrogens is 1. The van der Waals surface area contributed by atoms with E-state index in [9.17, 15) is 9.90 Å². The molecule has 2 aromatic rings. The molecule has 27 heavy (non-hydrogen) atoms. The van der Waals surface area contributed by atoms with Gasteiger partial charge in [-0.1, -0.05) is 6.92 Å². The van der Waals surface area contributed by atoms with Crippen LogP contribution in [0.1, 0.15) is 31.7 Å². The van der Waals surface area contributed by atoms with Crippen molar-refractivity contribution in [2.45, 2.75) is 32.7 Å². The molecule has 7 heteroatoms. The highest BCUT2D eigenvalue weighted by Crippen LogP contribution is 2.26. The number of thiazole rings is 1. The van der Waals surface area contributed by atoms with Gasteiger partial charge in [-0.05, 0) is 24.5 Å². The van der Waals surface area contributed by atoms with Crippen LogP contribution in [0, 0.1) is 11.8 Å². The number of carbonyl (C=O) groups is 1. The summed E-state index contributed by atoms with van der Waals surface area (Å²) in [5.74, 6) is 1.94. The number of methoxy groups -OCH3 is 1. The number of ether oxygens (including phenoxy) is 1. The summed E-state index contributed by atoms with van der Waals surface area (Å²) in [5.41, 5.74) is 0.945. The standard InChI is InChI=1S/C20H27N3O3S/c1-3-14-12-23(13-16-4-5-17(26-2)11-18(16)24)8-6-15(14)10-19(25)22-20-21-7-9-27-20/h4-5,7,9,11,14-15,24H,3,6,8,10,12-13H2,1-2H3,(H,21,22,25)/p+1/t14-,15-/m0/s1. The number of nitrogens with zero attached hydrogens (tertiary/aromatic N) is 1.